The Bertz CT molecular complexity index is 2760. The molecule has 1 aliphatic heterocycles. The van der Waals surface area contributed by atoms with Crippen LogP contribution in [0.1, 0.15) is 137 Å². The van der Waals surface area contributed by atoms with E-state index in [4.69, 9.17) is 9.47 Å². The lowest BCUT2D eigenvalue weighted by Gasteiger charge is -2.28. The van der Waals surface area contributed by atoms with Crippen molar-refractivity contribution < 1.29 is 9.47 Å². The molecule has 0 radical (unpaired) electrons. The topological polar surface area (TPSA) is 141 Å². The fourth-order valence-corrected chi connectivity index (χ4v) is 7.21. The molecule has 0 saturated heterocycles. The number of anilines is 1. The molecule has 0 amide bonds. The molecule has 0 bridgehead atoms. The molecular weight excluding hydrogens is 931 g/mol. The number of rotatable bonds is 11. The van der Waals surface area contributed by atoms with Gasteiger partial charge in [-0.3, -0.25) is 10.1 Å². The summed E-state index contributed by atoms with van der Waals surface area (Å²) < 4.78 is 12.8. The van der Waals surface area contributed by atoms with Gasteiger partial charge in [-0.15, -0.1) is 0 Å². The second-order valence-corrected chi connectivity index (χ2v) is 24.7. The van der Waals surface area contributed by atoms with Crippen LogP contribution in [0.5, 0.6) is 11.6 Å². The van der Waals surface area contributed by atoms with Gasteiger partial charge in [-0.25, -0.2) is 4.98 Å². The number of aromatic amines is 1. The summed E-state index contributed by atoms with van der Waals surface area (Å²) in [5.74, 6) is 1.66. The number of methoxy groups -OCH3 is 1. The molecule has 1 aliphatic rings. The average molecular weight is 1030 g/mol. The zero-order chi connectivity index (χ0) is 55.6. The number of likely N-dealkylation sites (N-methyl/N-ethyl adjacent to an activating group) is 1. The lowest BCUT2D eigenvalue weighted by Crippen LogP contribution is -2.35. The van der Waals surface area contributed by atoms with E-state index in [0.717, 1.165) is 68.2 Å². The molecule has 8 rings (SSSR count). The number of benzene rings is 3. The average Bonchev–Trinajstić information content (AvgIpc) is 3.96. The maximum Gasteiger partial charge on any atom is 0.212 e. The second-order valence-electron chi connectivity index (χ2n) is 24.7. The highest BCUT2D eigenvalue weighted by Gasteiger charge is 2.17. The molecule has 0 spiro atoms. The number of ether oxygens (including phenoxy) is 2. The smallest absolute Gasteiger partial charge is 0.212 e. The van der Waals surface area contributed by atoms with Gasteiger partial charge in [0.2, 0.25) is 5.88 Å². The molecule has 7 aromatic rings. The molecular formula is C62H95N11O2. The van der Waals surface area contributed by atoms with Crippen molar-refractivity contribution in [2.75, 3.05) is 32.2 Å². The molecule has 5 heterocycles. The van der Waals surface area contributed by atoms with Crippen LogP contribution in [0.15, 0.2) is 110 Å². The van der Waals surface area contributed by atoms with Gasteiger partial charge in [-0.1, -0.05) is 36.4 Å². The molecule has 0 fully saturated rings. The summed E-state index contributed by atoms with van der Waals surface area (Å²) in [7, 11) is 5.81. The number of nitrogens with zero attached hydrogens (tertiary/aromatic N) is 5. The normalized spacial score (nSPS) is 12.7. The third kappa shape index (κ3) is 24.6. The Kier molecular flexibility index (Phi) is 22.9. The predicted octanol–water partition coefficient (Wildman–Crippen LogP) is 12.2. The summed E-state index contributed by atoms with van der Waals surface area (Å²) in [5, 5.41) is 26.7. The molecule has 6 N–H and O–H groups in total. The lowest BCUT2D eigenvalue weighted by atomic mass is 10.1. The highest BCUT2D eigenvalue weighted by atomic mass is 16.5. The highest BCUT2D eigenvalue weighted by Crippen LogP contribution is 2.31. The van der Waals surface area contributed by atoms with Crippen molar-refractivity contribution in [3.05, 3.63) is 143 Å². The number of nitrogens with one attached hydrogen (secondary N) is 6. The molecule has 0 saturated carbocycles. The van der Waals surface area contributed by atoms with Gasteiger partial charge < -0.3 is 45.5 Å². The number of hydrogen-bond acceptors (Lipinski definition) is 11. The van der Waals surface area contributed by atoms with E-state index in [1.165, 1.54) is 44.4 Å². The lowest BCUT2D eigenvalue weighted by molar-refractivity contribution is 0.310. The molecule has 410 valence electrons. The first-order chi connectivity index (χ1) is 34.9. The Balaban J connectivity index is 0.000000203. The molecule has 13 nitrogen and oxygen atoms in total. The third-order valence-electron chi connectivity index (χ3n) is 11.7. The highest BCUT2D eigenvalue weighted by molar-refractivity contribution is 5.81. The van der Waals surface area contributed by atoms with E-state index in [1.54, 1.807) is 7.11 Å². The molecule has 75 heavy (non-hydrogen) atoms. The van der Waals surface area contributed by atoms with E-state index in [-0.39, 0.29) is 27.7 Å². The van der Waals surface area contributed by atoms with Gasteiger partial charge in [-0.05, 0) is 186 Å². The van der Waals surface area contributed by atoms with Crippen LogP contribution in [0.25, 0.3) is 21.8 Å². The van der Waals surface area contributed by atoms with Gasteiger partial charge in [0.1, 0.15) is 12.4 Å². The van der Waals surface area contributed by atoms with E-state index < -0.39 is 0 Å². The van der Waals surface area contributed by atoms with Crippen molar-refractivity contribution in [1.82, 2.24) is 51.3 Å². The van der Waals surface area contributed by atoms with Crippen molar-refractivity contribution >= 4 is 27.5 Å². The van der Waals surface area contributed by atoms with Crippen molar-refractivity contribution in [2.24, 2.45) is 7.05 Å². The summed E-state index contributed by atoms with van der Waals surface area (Å²) in [6, 6.07) is 29.7. The first-order valence-corrected chi connectivity index (χ1v) is 26.5. The Morgan fingerprint density at radius 3 is 1.56 bits per heavy atom. The van der Waals surface area contributed by atoms with Crippen molar-refractivity contribution in [2.45, 2.75) is 171 Å². The van der Waals surface area contributed by atoms with E-state index in [2.05, 4.69) is 247 Å². The summed E-state index contributed by atoms with van der Waals surface area (Å²) in [4.78, 5) is 10.5. The number of aryl methyl sites for hydroxylation is 2. The number of hydrogen-bond donors (Lipinski definition) is 6. The number of pyridine rings is 2. The van der Waals surface area contributed by atoms with Crippen LogP contribution in [0, 0.1) is 6.92 Å². The number of fused-ring (bicyclic) bond motifs is 3. The van der Waals surface area contributed by atoms with E-state index in [1.807, 2.05) is 43.7 Å². The molecule has 4 aromatic heterocycles. The first kappa shape index (κ1) is 61.7. The van der Waals surface area contributed by atoms with Crippen molar-refractivity contribution in [3.8, 4) is 11.6 Å². The van der Waals surface area contributed by atoms with Crippen LogP contribution in [0.3, 0.4) is 0 Å². The SMILES string of the molecule is CC(C)(C)NCc1ccc2cn[nH]c2c1.CN1CCOc2cc(CNC(C)(C)C)ccc21.COc1ccc(CNC(C)(C)C)cn1.Cc1cc(CNC(C)(C)C)ccn1.Cn1ccc2ccc(CNC(C)(C)C)cc21. The Labute approximate surface area is 451 Å². The quantitative estimate of drug-likeness (QED) is 0.0738. The summed E-state index contributed by atoms with van der Waals surface area (Å²) in [6.07, 6.45) is 7.63. The van der Waals surface area contributed by atoms with Crippen molar-refractivity contribution in [3.63, 3.8) is 0 Å². The Hall–Kier alpha value is -5.83. The Morgan fingerprint density at radius 2 is 1.04 bits per heavy atom. The monoisotopic (exact) mass is 1030 g/mol. The van der Waals surface area contributed by atoms with Crippen LogP contribution < -0.4 is 41.0 Å². The summed E-state index contributed by atoms with van der Waals surface area (Å²) >= 11 is 0. The standard InChI is InChI=1S/C14H22N2O.C14H20N2.C12H17N3.C11H18N2O.C11H18N2/c1-14(2,3)15-10-11-5-6-12-13(9-11)17-8-7-16(12)4;1-14(2,3)15-10-11-5-6-12-7-8-16(4)13(12)9-11;1-12(2,3)13-7-9-4-5-10-8-14-15-11(10)6-9;1-11(2,3)13-8-9-5-6-10(14-4)12-7-9;1-9-7-10(5-6-12-9)8-13-11(2,3)4/h5-6,9,15H,7-8,10H2,1-4H3;5-9,15H,10H2,1-4H3;4-6,8,13H,7H2,1-3H3,(H,14,15);5-7,13H,8H2,1-4H3;5-7,13H,8H2,1-4H3. The summed E-state index contributed by atoms with van der Waals surface area (Å²) in [5.41, 5.74) is 11.8. The van der Waals surface area contributed by atoms with Crippen LogP contribution in [0.4, 0.5) is 5.69 Å². The van der Waals surface area contributed by atoms with Crippen LogP contribution in [-0.2, 0) is 39.8 Å². The fraction of sp³-hybridized carbons (Fsp3) is 0.500. The van der Waals surface area contributed by atoms with Crippen LogP contribution in [-0.4, -0.2) is 79.7 Å². The minimum Gasteiger partial charge on any atom is -0.490 e. The molecule has 0 atom stereocenters. The van der Waals surface area contributed by atoms with Crippen LogP contribution in [0.2, 0.25) is 0 Å². The van der Waals surface area contributed by atoms with E-state index in [0.29, 0.717) is 5.88 Å². The van der Waals surface area contributed by atoms with Crippen LogP contribution >= 0.6 is 0 Å². The molecule has 3 aromatic carbocycles. The maximum atomic E-state index is 5.70. The first-order valence-electron chi connectivity index (χ1n) is 26.5. The van der Waals surface area contributed by atoms with Gasteiger partial charge >= 0.3 is 0 Å². The second kappa shape index (κ2) is 27.8. The summed E-state index contributed by atoms with van der Waals surface area (Å²) in [6.45, 7) is 40.7. The number of H-pyrrole nitrogens is 1. The molecule has 0 aliphatic carbocycles. The van der Waals surface area contributed by atoms with Gasteiger partial charge in [0.05, 0.1) is 31.1 Å². The van der Waals surface area contributed by atoms with Crippen molar-refractivity contribution in [1.29, 1.82) is 0 Å². The van der Waals surface area contributed by atoms with Gasteiger partial charge in [-0.2, -0.15) is 5.10 Å². The molecule has 13 heteroatoms. The van der Waals surface area contributed by atoms with E-state index >= 15 is 0 Å². The maximum absolute atomic E-state index is 5.70. The fourth-order valence-electron chi connectivity index (χ4n) is 7.21. The zero-order valence-electron chi connectivity index (χ0n) is 49.4. The molecule has 0 unspecified atom stereocenters. The Morgan fingerprint density at radius 1 is 0.547 bits per heavy atom. The van der Waals surface area contributed by atoms with E-state index in [9.17, 15) is 0 Å². The number of aromatic nitrogens is 5. The van der Waals surface area contributed by atoms with Gasteiger partial charge in [0.25, 0.3) is 0 Å². The van der Waals surface area contributed by atoms with Gasteiger partial charge in [0.15, 0.2) is 0 Å². The third-order valence-corrected chi connectivity index (χ3v) is 11.7. The van der Waals surface area contributed by atoms with Gasteiger partial charge in [0, 0.05) is 116 Å². The predicted molar refractivity (Wildman–Crippen MR) is 317 cm³/mol. The minimum absolute atomic E-state index is 0.139. The zero-order valence-corrected chi connectivity index (χ0v) is 49.4. The largest absolute Gasteiger partial charge is 0.490 e. The minimum atomic E-state index is 0.139.